The van der Waals surface area contributed by atoms with Crippen LogP contribution in [-0.4, -0.2) is 15.8 Å². The van der Waals surface area contributed by atoms with Crippen LogP contribution in [0.25, 0.3) is 0 Å². The fourth-order valence-electron chi connectivity index (χ4n) is 2.36. The predicted octanol–water partition coefficient (Wildman–Crippen LogP) is 4.97. The van der Waals surface area contributed by atoms with Gasteiger partial charge in [-0.3, -0.25) is 4.79 Å². The molecule has 3 heteroatoms. The highest BCUT2D eigenvalue weighted by atomic mass is 16.1. The fraction of sp³-hybridized carbons (Fsp3) is 0.706. The van der Waals surface area contributed by atoms with Crippen LogP contribution in [0.4, 0.5) is 0 Å². The normalized spacial score (nSPS) is 10.7. The molecule has 0 saturated heterocycles. The number of Topliss-reactive ketones (excluding diaryl/α,β-unsaturated/α-hetero) is 1. The summed E-state index contributed by atoms with van der Waals surface area (Å²) in [5.74, 6) is 0.145. The predicted molar refractivity (Wildman–Crippen MR) is 82.8 cm³/mol. The van der Waals surface area contributed by atoms with E-state index in [-0.39, 0.29) is 5.78 Å². The average molecular weight is 276 g/mol. The maximum Gasteiger partial charge on any atom is 0.181 e. The summed E-state index contributed by atoms with van der Waals surface area (Å²) in [5.41, 5.74) is 0.552. The molecule has 0 aliphatic heterocycles. The Labute approximate surface area is 123 Å². The lowest BCUT2D eigenvalue weighted by Crippen LogP contribution is -2.01. The van der Waals surface area contributed by atoms with Gasteiger partial charge in [0.1, 0.15) is 12.0 Å². The van der Waals surface area contributed by atoms with E-state index in [4.69, 9.17) is 0 Å². The molecule has 0 aromatic carbocycles. The zero-order chi connectivity index (χ0) is 14.5. The van der Waals surface area contributed by atoms with Crippen molar-refractivity contribution in [2.75, 3.05) is 0 Å². The van der Waals surface area contributed by atoms with Crippen LogP contribution in [0.5, 0.6) is 0 Å². The molecule has 0 radical (unpaired) electrons. The minimum absolute atomic E-state index is 0.145. The molecule has 0 amide bonds. The topological polar surface area (TPSA) is 42.9 Å². The highest BCUT2D eigenvalue weighted by molar-refractivity contribution is 5.93. The molecule has 1 aromatic rings. The van der Waals surface area contributed by atoms with Gasteiger partial charge in [-0.25, -0.2) is 9.97 Å². The molecule has 0 saturated carbocycles. The van der Waals surface area contributed by atoms with Crippen molar-refractivity contribution in [3.05, 3.63) is 24.3 Å². The summed E-state index contributed by atoms with van der Waals surface area (Å²) >= 11 is 0. The summed E-state index contributed by atoms with van der Waals surface area (Å²) in [7, 11) is 0. The van der Waals surface area contributed by atoms with Crippen molar-refractivity contribution in [2.45, 2.75) is 77.6 Å². The smallest absolute Gasteiger partial charge is 0.181 e. The lowest BCUT2D eigenvalue weighted by Gasteiger charge is -2.02. The number of carbonyl (C=O) groups excluding carboxylic acids is 1. The van der Waals surface area contributed by atoms with E-state index in [0.29, 0.717) is 12.1 Å². The van der Waals surface area contributed by atoms with Crippen LogP contribution in [0.1, 0.15) is 88.0 Å². The van der Waals surface area contributed by atoms with Crippen LogP contribution in [-0.2, 0) is 0 Å². The van der Waals surface area contributed by atoms with Crippen LogP contribution in [0, 0.1) is 0 Å². The molecular weight excluding hydrogens is 248 g/mol. The van der Waals surface area contributed by atoms with Crippen molar-refractivity contribution in [1.29, 1.82) is 0 Å². The number of ketones is 1. The molecule has 0 aliphatic rings. The van der Waals surface area contributed by atoms with Crippen molar-refractivity contribution in [1.82, 2.24) is 9.97 Å². The van der Waals surface area contributed by atoms with Gasteiger partial charge in [-0.05, 0) is 12.5 Å². The van der Waals surface area contributed by atoms with E-state index in [1.807, 2.05) is 0 Å². The number of unbranched alkanes of at least 4 members (excludes halogenated alkanes) is 9. The summed E-state index contributed by atoms with van der Waals surface area (Å²) < 4.78 is 0. The van der Waals surface area contributed by atoms with E-state index in [1.54, 1.807) is 12.3 Å². The molecule has 0 bridgehead atoms. The second kappa shape index (κ2) is 11.6. The number of aromatic nitrogens is 2. The molecule has 1 aromatic heterocycles. The average Bonchev–Trinajstić information content (AvgIpc) is 2.50. The van der Waals surface area contributed by atoms with Crippen LogP contribution in [0.2, 0.25) is 0 Å². The standard InChI is InChI=1S/C17H28N2O/c1-2-3-4-5-6-7-8-9-10-11-12-17(20)16-13-14-18-15-19-16/h13-15H,2-12H2,1H3. The first kappa shape index (κ1) is 16.8. The van der Waals surface area contributed by atoms with Crippen molar-refractivity contribution in [2.24, 2.45) is 0 Å². The zero-order valence-corrected chi connectivity index (χ0v) is 12.8. The van der Waals surface area contributed by atoms with Gasteiger partial charge >= 0.3 is 0 Å². The van der Waals surface area contributed by atoms with E-state index in [0.717, 1.165) is 12.8 Å². The SMILES string of the molecule is CCCCCCCCCCCCC(=O)c1ccncn1. The Bertz CT molecular complexity index is 351. The molecule has 1 rings (SSSR count). The summed E-state index contributed by atoms with van der Waals surface area (Å²) in [6, 6.07) is 1.69. The van der Waals surface area contributed by atoms with E-state index in [1.165, 1.54) is 57.7 Å². The van der Waals surface area contributed by atoms with Gasteiger partial charge in [0.2, 0.25) is 0 Å². The van der Waals surface area contributed by atoms with Crippen LogP contribution in [0.3, 0.4) is 0 Å². The molecule has 0 atom stereocenters. The maximum absolute atomic E-state index is 11.8. The monoisotopic (exact) mass is 276 g/mol. The lowest BCUT2D eigenvalue weighted by atomic mass is 10.0. The third-order valence-electron chi connectivity index (χ3n) is 3.63. The molecule has 0 aliphatic carbocycles. The molecule has 0 fully saturated rings. The number of hydrogen-bond donors (Lipinski definition) is 0. The number of rotatable bonds is 12. The van der Waals surface area contributed by atoms with Gasteiger partial charge in [-0.2, -0.15) is 0 Å². The van der Waals surface area contributed by atoms with E-state index < -0.39 is 0 Å². The summed E-state index contributed by atoms with van der Waals surface area (Å²) in [6.45, 7) is 2.25. The largest absolute Gasteiger partial charge is 0.292 e. The molecule has 3 nitrogen and oxygen atoms in total. The first-order valence-electron chi connectivity index (χ1n) is 8.13. The zero-order valence-electron chi connectivity index (χ0n) is 12.8. The quantitative estimate of drug-likeness (QED) is 0.400. The number of nitrogens with zero attached hydrogens (tertiary/aromatic N) is 2. The Morgan fingerprint density at radius 1 is 0.950 bits per heavy atom. The van der Waals surface area contributed by atoms with Gasteiger partial charge in [0, 0.05) is 12.6 Å². The molecule has 20 heavy (non-hydrogen) atoms. The number of hydrogen-bond acceptors (Lipinski definition) is 3. The van der Waals surface area contributed by atoms with Gasteiger partial charge in [0.15, 0.2) is 5.78 Å². The third kappa shape index (κ3) is 8.03. The summed E-state index contributed by atoms with van der Waals surface area (Å²) in [5, 5.41) is 0. The number of carbonyl (C=O) groups is 1. The van der Waals surface area contributed by atoms with Crippen LogP contribution in [0.15, 0.2) is 18.6 Å². The second-order valence-electron chi connectivity index (χ2n) is 5.45. The van der Waals surface area contributed by atoms with Gasteiger partial charge in [-0.1, -0.05) is 64.7 Å². The molecule has 112 valence electrons. The molecule has 0 N–H and O–H groups in total. The minimum Gasteiger partial charge on any atom is -0.292 e. The first-order chi connectivity index (χ1) is 9.84. The van der Waals surface area contributed by atoms with Gasteiger partial charge in [0.05, 0.1) is 0 Å². The fourth-order valence-corrected chi connectivity index (χ4v) is 2.36. The van der Waals surface area contributed by atoms with Gasteiger partial charge in [-0.15, -0.1) is 0 Å². The van der Waals surface area contributed by atoms with Gasteiger partial charge in [0.25, 0.3) is 0 Å². The molecule has 0 spiro atoms. The van der Waals surface area contributed by atoms with Crippen molar-refractivity contribution >= 4 is 5.78 Å². The third-order valence-corrected chi connectivity index (χ3v) is 3.63. The highest BCUT2D eigenvalue weighted by Crippen LogP contribution is 2.12. The van der Waals surface area contributed by atoms with Gasteiger partial charge < -0.3 is 0 Å². The Hall–Kier alpha value is -1.25. The van der Waals surface area contributed by atoms with E-state index in [9.17, 15) is 4.79 Å². The first-order valence-corrected chi connectivity index (χ1v) is 8.13. The van der Waals surface area contributed by atoms with Crippen LogP contribution >= 0.6 is 0 Å². The Kier molecular flexibility index (Phi) is 9.72. The molecule has 0 unspecified atom stereocenters. The lowest BCUT2D eigenvalue weighted by molar-refractivity contribution is 0.0974. The van der Waals surface area contributed by atoms with E-state index in [2.05, 4.69) is 16.9 Å². The van der Waals surface area contributed by atoms with Crippen molar-refractivity contribution < 1.29 is 4.79 Å². The summed E-state index contributed by atoms with van der Waals surface area (Å²) in [4.78, 5) is 19.6. The highest BCUT2D eigenvalue weighted by Gasteiger charge is 2.05. The van der Waals surface area contributed by atoms with Crippen molar-refractivity contribution in [3.8, 4) is 0 Å². The summed E-state index contributed by atoms with van der Waals surface area (Å²) in [6.07, 6.45) is 16.6. The minimum atomic E-state index is 0.145. The van der Waals surface area contributed by atoms with E-state index >= 15 is 0 Å². The van der Waals surface area contributed by atoms with Crippen LogP contribution < -0.4 is 0 Å². The second-order valence-corrected chi connectivity index (χ2v) is 5.45. The maximum atomic E-state index is 11.8. The van der Waals surface area contributed by atoms with Crippen molar-refractivity contribution in [3.63, 3.8) is 0 Å². The molecule has 1 heterocycles. The Balaban J connectivity index is 1.91. The Morgan fingerprint density at radius 2 is 1.55 bits per heavy atom. The Morgan fingerprint density at radius 3 is 2.10 bits per heavy atom. The molecular formula is C17H28N2O.